The van der Waals surface area contributed by atoms with Gasteiger partial charge in [0.2, 0.25) is 0 Å². The molecular weight excluding hydrogens is 426 g/mol. The highest BCUT2D eigenvalue weighted by molar-refractivity contribution is 6.31. The maximum atomic E-state index is 12.2. The van der Waals surface area contributed by atoms with Gasteiger partial charge in [-0.1, -0.05) is 47.4 Å². The van der Waals surface area contributed by atoms with E-state index in [1.807, 2.05) is 31.2 Å². The number of ether oxygens (including phenoxy) is 2. The molecule has 3 aromatic rings. The van der Waals surface area contributed by atoms with E-state index < -0.39 is 0 Å². The number of carbonyl (C=O) groups excluding carboxylic acids is 2. The van der Waals surface area contributed by atoms with Crippen LogP contribution in [-0.4, -0.2) is 24.9 Å². The SMILES string of the molecule is C#Cc1cc(OCC(=O)Nc2ccc(CC(=O)COc3ccc(C)cc3)cc2)ccc1Cl. The van der Waals surface area contributed by atoms with Gasteiger partial charge in [-0.2, -0.15) is 0 Å². The molecule has 0 saturated heterocycles. The summed E-state index contributed by atoms with van der Waals surface area (Å²) in [6.45, 7) is 1.82. The minimum Gasteiger partial charge on any atom is -0.486 e. The third kappa shape index (κ3) is 6.90. The molecule has 1 N–H and O–H groups in total. The number of aryl methyl sites for hydroxylation is 1. The largest absolute Gasteiger partial charge is 0.486 e. The Morgan fingerprint density at radius 1 is 0.938 bits per heavy atom. The highest BCUT2D eigenvalue weighted by Crippen LogP contribution is 2.21. The molecule has 0 spiro atoms. The lowest BCUT2D eigenvalue weighted by Crippen LogP contribution is -2.20. The molecule has 0 saturated carbocycles. The average molecular weight is 448 g/mol. The fraction of sp³-hybridized carbons (Fsp3) is 0.154. The van der Waals surface area contributed by atoms with Gasteiger partial charge < -0.3 is 14.8 Å². The smallest absolute Gasteiger partial charge is 0.262 e. The molecule has 5 nitrogen and oxygen atoms in total. The number of benzene rings is 3. The number of carbonyl (C=O) groups is 2. The maximum absolute atomic E-state index is 12.2. The Balaban J connectivity index is 1.44. The van der Waals surface area contributed by atoms with Gasteiger partial charge in [-0.25, -0.2) is 0 Å². The first-order chi connectivity index (χ1) is 15.4. The highest BCUT2D eigenvalue weighted by Gasteiger charge is 2.08. The van der Waals surface area contributed by atoms with Crippen LogP contribution in [-0.2, 0) is 16.0 Å². The number of amides is 1. The Bertz CT molecular complexity index is 1130. The van der Waals surface area contributed by atoms with Gasteiger partial charge in [0, 0.05) is 17.7 Å². The lowest BCUT2D eigenvalue weighted by Gasteiger charge is -2.09. The number of halogens is 1. The Labute approximate surface area is 192 Å². The van der Waals surface area contributed by atoms with Gasteiger partial charge in [0.25, 0.3) is 5.91 Å². The van der Waals surface area contributed by atoms with E-state index in [9.17, 15) is 9.59 Å². The number of terminal acetylenes is 1. The van der Waals surface area contributed by atoms with Crippen LogP contribution in [0.25, 0.3) is 0 Å². The normalized spacial score (nSPS) is 10.2. The molecule has 3 rings (SSSR count). The van der Waals surface area contributed by atoms with E-state index in [2.05, 4.69) is 11.2 Å². The lowest BCUT2D eigenvalue weighted by atomic mass is 10.1. The van der Waals surface area contributed by atoms with Gasteiger partial charge in [-0.05, 0) is 55.0 Å². The van der Waals surface area contributed by atoms with E-state index in [4.69, 9.17) is 27.5 Å². The minimum atomic E-state index is -0.322. The molecule has 0 unspecified atom stereocenters. The molecule has 1 amide bonds. The first kappa shape index (κ1) is 22.9. The van der Waals surface area contributed by atoms with E-state index in [1.165, 1.54) is 0 Å². The summed E-state index contributed by atoms with van der Waals surface area (Å²) in [6, 6.07) is 19.5. The van der Waals surface area contributed by atoms with Crippen molar-refractivity contribution in [3.8, 4) is 23.8 Å². The van der Waals surface area contributed by atoms with Gasteiger partial charge in [0.15, 0.2) is 12.4 Å². The third-order valence-electron chi connectivity index (χ3n) is 4.52. The topological polar surface area (TPSA) is 64.6 Å². The van der Waals surface area contributed by atoms with Crippen molar-refractivity contribution in [2.75, 3.05) is 18.5 Å². The maximum Gasteiger partial charge on any atom is 0.262 e. The molecule has 0 bridgehead atoms. The van der Waals surface area contributed by atoms with Gasteiger partial charge >= 0.3 is 0 Å². The van der Waals surface area contributed by atoms with Crippen molar-refractivity contribution >= 4 is 29.0 Å². The van der Waals surface area contributed by atoms with Crippen LogP contribution < -0.4 is 14.8 Å². The number of nitrogens with one attached hydrogen (secondary N) is 1. The molecule has 0 fully saturated rings. The average Bonchev–Trinajstić information content (AvgIpc) is 2.79. The van der Waals surface area contributed by atoms with Crippen LogP contribution >= 0.6 is 11.6 Å². The molecule has 0 aliphatic carbocycles. The summed E-state index contributed by atoms with van der Waals surface area (Å²) >= 11 is 5.96. The second-order valence-corrected chi connectivity index (χ2v) is 7.54. The first-order valence-electron chi connectivity index (χ1n) is 9.92. The molecule has 0 heterocycles. The van der Waals surface area contributed by atoms with Crippen LogP contribution in [0.2, 0.25) is 5.02 Å². The van der Waals surface area contributed by atoms with Crippen LogP contribution in [0.15, 0.2) is 66.7 Å². The second kappa shape index (κ2) is 11.0. The summed E-state index contributed by atoms with van der Waals surface area (Å²) < 4.78 is 11.0. The van der Waals surface area contributed by atoms with Gasteiger partial charge in [0.05, 0.1) is 5.02 Å². The summed E-state index contributed by atoms with van der Waals surface area (Å²) in [5.41, 5.74) is 3.07. The standard InChI is InChI=1S/C26H22ClNO4/c1-3-20-15-24(12-13-25(20)27)32-17-26(30)28-21-8-6-19(7-9-21)14-22(29)16-31-23-10-4-18(2)5-11-23/h1,4-13,15H,14,16-17H2,2H3,(H,28,30). The number of hydrogen-bond acceptors (Lipinski definition) is 4. The minimum absolute atomic E-state index is 0.00494. The van der Waals surface area contributed by atoms with Crippen LogP contribution in [0.4, 0.5) is 5.69 Å². The molecule has 32 heavy (non-hydrogen) atoms. The zero-order valence-electron chi connectivity index (χ0n) is 17.6. The number of anilines is 1. The second-order valence-electron chi connectivity index (χ2n) is 7.14. The Hall–Kier alpha value is -3.75. The fourth-order valence-electron chi connectivity index (χ4n) is 2.83. The zero-order valence-corrected chi connectivity index (χ0v) is 18.3. The molecule has 0 aromatic heterocycles. The molecule has 0 aliphatic heterocycles. The molecule has 0 atom stereocenters. The van der Waals surface area contributed by atoms with E-state index in [0.29, 0.717) is 27.8 Å². The third-order valence-corrected chi connectivity index (χ3v) is 4.85. The molecular formula is C26H22ClNO4. The molecule has 0 radical (unpaired) electrons. The number of hydrogen-bond donors (Lipinski definition) is 1. The molecule has 0 aliphatic rings. The van der Waals surface area contributed by atoms with E-state index in [1.54, 1.807) is 42.5 Å². The van der Waals surface area contributed by atoms with Crippen molar-refractivity contribution in [1.29, 1.82) is 0 Å². The van der Waals surface area contributed by atoms with Crippen molar-refractivity contribution in [3.05, 3.63) is 88.4 Å². The predicted molar refractivity (Wildman–Crippen MR) is 125 cm³/mol. The van der Waals surface area contributed by atoms with Crippen molar-refractivity contribution < 1.29 is 19.1 Å². The van der Waals surface area contributed by atoms with Gasteiger partial charge in [-0.3, -0.25) is 9.59 Å². The van der Waals surface area contributed by atoms with Crippen LogP contribution in [0.1, 0.15) is 16.7 Å². The van der Waals surface area contributed by atoms with Crippen molar-refractivity contribution in [1.82, 2.24) is 0 Å². The highest BCUT2D eigenvalue weighted by atomic mass is 35.5. The number of ketones is 1. The number of Topliss-reactive ketones (excluding diaryl/α,β-unsaturated/α-hetero) is 1. The summed E-state index contributed by atoms with van der Waals surface area (Å²) in [6.07, 6.45) is 5.62. The lowest BCUT2D eigenvalue weighted by molar-refractivity contribution is -0.120. The summed E-state index contributed by atoms with van der Waals surface area (Å²) in [5.74, 6) is 3.22. The Morgan fingerprint density at radius 2 is 1.59 bits per heavy atom. The summed E-state index contributed by atoms with van der Waals surface area (Å²) in [7, 11) is 0. The summed E-state index contributed by atoms with van der Waals surface area (Å²) in [5, 5.41) is 3.19. The zero-order chi connectivity index (χ0) is 22.9. The van der Waals surface area contributed by atoms with Crippen molar-refractivity contribution in [3.63, 3.8) is 0 Å². The molecule has 3 aromatic carbocycles. The Kier molecular flexibility index (Phi) is 7.91. The van der Waals surface area contributed by atoms with E-state index in [-0.39, 0.29) is 31.3 Å². The van der Waals surface area contributed by atoms with Crippen LogP contribution in [0.5, 0.6) is 11.5 Å². The van der Waals surface area contributed by atoms with Crippen molar-refractivity contribution in [2.24, 2.45) is 0 Å². The first-order valence-corrected chi connectivity index (χ1v) is 10.3. The summed E-state index contributed by atoms with van der Waals surface area (Å²) in [4.78, 5) is 24.3. The fourth-order valence-corrected chi connectivity index (χ4v) is 3.01. The Morgan fingerprint density at radius 3 is 2.28 bits per heavy atom. The van der Waals surface area contributed by atoms with E-state index >= 15 is 0 Å². The van der Waals surface area contributed by atoms with Gasteiger partial charge in [-0.15, -0.1) is 6.42 Å². The quantitative estimate of drug-likeness (QED) is 0.477. The van der Waals surface area contributed by atoms with Crippen LogP contribution in [0.3, 0.4) is 0 Å². The monoisotopic (exact) mass is 447 g/mol. The van der Waals surface area contributed by atoms with Crippen LogP contribution in [0, 0.1) is 19.3 Å². The van der Waals surface area contributed by atoms with Gasteiger partial charge in [0.1, 0.15) is 18.1 Å². The molecule has 162 valence electrons. The number of rotatable bonds is 9. The predicted octanol–water partition coefficient (Wildman–Crippen LogP) is 4.84. The van der Waals surface area contributed by atoms with Crippen molar-refractivity contribution in [2.45, 2.75) is 13.3 Å². The van der Waals surface area contributed by atoms with E-state index in [0.717, 1.165) is 11.1 Å². The molecule has 6 heteroatoms.